The Morgan fingerprint density at radius 1 is 1.41 bits per heavy atom. The molecule has 1 unspecified atom stereocenters. The summed E-state index contributed by atoms with van der Waals surface area (Å²) in [6.07, 6.45) is 2.39. The van der Waals surface area contributed by atoms with Crippen LogP contribution in [0.3, 0.4) is 0 Å². The fourth-order valence-corrected chi connectivity index (χ4v) is 1.64. The largest absolute Gasteiger partial charge is 0.390 e. The molecule has 0 heterocycles. The molecule has 17 heavy (non-hydrogen) atoms. The number of nitrogens with one attached hydrogen (secondary N) is 1. The highest BCUT2D eigenvalue weighted by Gasteiger charge is 2.21. The van der Waals surface area contributed by atoms with Crippen LogP contribution in [-0.4, -0.2) is 62.0 Å². The maximum Gasteiger partial charge on any atom is 0.0791 e. The minimum atomic E-state index is -0.300. The van der Waals surface area contributed by atoms with E-state index in [1.54, 1.807) is 0 Å². The van der Waals surface area contributed by atoms with Gasteiger partial charge in [0.25, 0.3) is 0 Å². The summed E-state index contributed by atoms with van der Waals surface area (Å²) < 4.78 is 5.57. The van der Waals surface area contributed by atoms with E-state index in [0.29, 0.717) is 19.1 Å². The molecular weight excluding hydrogens is 216 g/mol. The average Bonchev–Trinajstić information content (AvgIpc) is 3.05. The Hall–Kier alpha value is -0.160. The van der Waals surface area contributed by atoms with Crippen LogP contribution in [0.1, 0.15) is 26.7 Å². The van der Waals surface area contributed by atoms with Crippen molar-refractivity contribution in [1.29, 1.82) is 0 Å². The lowest BCUT2D eigenvalue weighted by atomic mass is 10.3. The van der Waals surface area contributed by atoms with Crippen LogP contribution in [0, 0.1) is 5.92 Å². The van der Waals surface area contributed by atoms with E-state index in [4.69, 9.17) is 4.74 Å². The summed E-state index contributed by atoms with van der Waals surface area (Å²) >= 11 is 0. The Balaban J connectivity index is 1.92. The fourth-order valence-electron chi connectivity index (χ4n) is 1.64. The summed E-state index contributed by atoms with van der Waals surface area (Å²) in [5.74, 6) is 0.834. The quantitative estimate of drug-likeness (QED) is 0.555. The molecule has 4 nitrogen and oxygen atoms in total. The number of nitrogens with zero attached hydrogens (tertiary/aromatic N) is 1. The van der Waals surface area contributed by atoms with Crippen LogP contribution in [0.5, 0.6) is 0 Å². The van der Waals surface area contributed by atoms with Crippen molar-refractivity contribution in [3.63, 3.8) is 0 Å². The van der Waals surface area contributed by atoms with Gasteiger partial charge in [-0.3, -0.25) is 0 Å². The van der Waals surface area contributed by atoms with Gasteiger partial charge in [0.1, 0.15) is 0 Å². The topological polar surface area (TPSA) is 44.7 Å². The molecule has 0 saturated heterocycles. The zero-order valence-electron chi connectivity index (χ0n) is 11.5. The highest BCUT2D eigenvalue weighted by Crippen LogP contribution is 2.28. The number of rotatable bonds is 10. The first-order valence-electron chi connectivity index (χ1n) is 6.75. The molecule has 0 aromatic carbocycles. The molecule has 0 radical (unpaired) electrons. The lowest BCUT2D eigenvalue weighted by Gasteiger charge is -2.21. The van der Waals surface area contributed by atoms with Crippen LogP contribution >= 0.6 is 0 Å². The van der Waals surface area contributed by atoms with Crippen molar-refractivity contribution < 1.29 is 9.84 Å². The van der Waals surface area contributed by atoms with Gasteiger partial charge in [0.2, 0.25) is 0 Å². The molecule has 102 valence electrons. The molecule has 1 aliphatic carbocycles. The van der Waals surface area contributed by atoms with Crippen molar-refractivity contribution in [3.8, 4) is 0 Å². The van der Waals surface area contributed by atoms with Gasteiger partial charge >= 0.3 is 0 Å². The third-order valence-electron chi connectivity index (χ3n) is 2.95. The highest BCUT2D eigenvalue weighted by atomic mass is 16.5. The summed E-state index contributed by atoms with van der Waals surface area (Å²) in [5.41, 5.74) is 0. The monoisotopic (exact) mass is 244 g/mol. The van der Waals surface area contributed by atoms with Gasteiger partial charge in [0.15, 0.2) is 0 Å². The maximum absolute atomic E-state index is 9.78. The summed E-state index contributed by atoms with van der Waals surface area (Å²) in [6, 6.07) is 0.428. The molecule has 0 aliphatic heterocycles. The molecule has 0 spiro atoms. The number of aliphatic hydroxyl groups is 1. The second kappa shape index (κ2) is 8.03. The molecule has 4 heteroatoms. The lowest BCUT2D eigenvalue weighted by Crippen LogP contribution is -2.39. The van der Waals surface area contributed by atoms with Gasteiger partial charge in [-0.1, -0.05) is 13.8 Å². The number of hydrogen-bond acceptors (Lipinski definition) is 4. The van der Waals surface area contributed by atoms with Crippen LogP contribution in [0.15, 0.2) is 0 Å². The van der Waals surface area contributed by atoms with Crippen molar-refractivity contribution in [2.45, 2.75) is 38.8 Å². The van der Waals surface area contributed by atoms with Crippen LogP contribution in [-0.2, 0) is 4.74 Å². The van der Waals surface area contributed by atoms with E-state index in [0.717, 1.165) is 25.7 Å². The van der Waals surface area contributed by atoms with E-state index in [2.05, 4.69) is 24.1 Å². The van der Waals surface area contributed by atoms with Crippen LogP contribution in [0.25, 0.3) is 0 Å². The standard InChI is InChI=1S/C13H28N2O2/c1-11(2)14-8-13(16)9-15(3)6-7-17-10-12-4-5-12/h11-14,16H,4-10H2,1-3H3. The molecule has 1 saturated carbocycles. The number of ether oxygens (including phenoxy) is 1. The first-order chi connectivity index (χ1) is 8.08. The van der Waals surface area contributed by atoms with Crippen LogP contribution in [0.4, 0.5) is 0 Å². The normalized spacial score (nSPS) is 18.0. The van der Waals surface area contributed by atoms with E-state index >= 15 is 0 Å². The van der Waals surface area contributed by atoms with E-state index < -0.39 is 0 Å². The van der Waals surface area contributed by atoms with E-state index in [9.17, 15) is 5.11 Å². The Labute approximate surface area is 105 Å². The molecule has 0 aromatic rings. The smallest absolute Gasteiger partial charge is 0.0791 e. The molecular formula is C13H28N2O2. The summed E-state index contributed by atoms with van der Waals surface area (Å²) in [5, 5.41) is 13.0. The Morgan fingerprint density at radius 3 is 2.71 bits per heavy atom. The third kappa shape index (κ3) is 8.55. The fraction of sp³-hybridized carbons (Fsp3) is 1.00. The van der Waals surface area contributed by atoms with Gasteiger partial charge in [0, 0.05) is 32.3 Å². The predicted molar refractivity (Wildman–Crippen MR) is 70.2 cm³/mol. The first kappa shape index (κ1) is 14.9. The van der Waals surface area contributed by atoms with E-state index in [-0.39, 0.29) is 6.10 Å². The van der Waals surface area contributed by atoms with Gasteiger partial charge < -0.3 is 20.1 Å². The van der Waals surface area contributed by atoms with Crippen molar-refractivity contribution in [3.05, 3.63) is 0 Å². The third-order valence-corrected chi connectivity index (χ3v) is 2.95. The highest BCUT2D eigenvalue weighted by molar-refractivity contribution is 4.72. The second-order valence-electron chi connectivity index (χ2n) is 5.50. The molecule has 0 bridgehead atoms. The zero-order chi connectivity index (χ0) is 12.7. The number of aliphatic hydroxyl groups excluding tert-OH is 1. The van der Waals surface area contributed by atoms with Crippen molar-refractivity contribution in [1.82, 2.24) is 10.2 Å². The zero-order valence-corrected chi connectivity index (χ0v) is 11.5. The predicted octanol–water partition coefficient (Wildman–Crippen LogP) is 0.704. The SMILES string of the molecule is CC(C)NCC(O)CN(C)CCOCC1CC1. The summed E-state index contributed by atoms with van der Waals surface area (Å²) in [6.45, 7) is 8.12. The average molecular weight is 244 g/mol. The maximum atomic E-state index is 9.78. The van der Waals surface area contributed by atoms with Gasteiger partial charge in [-0.15, -0.1) is 0 Å². The van der Waals surface area contributed by atoms with Gasteiger partial charge in [-0.2, -0.15) is 0 Å². The minimum Gasteiger partial charge on any atom is -0.390 e. The Kier molecular flexibility index (Phi) is 7.04. The Morgan fingerprint density at radius 2 is 2.12 bits per heavy atom. The molecule has 2 N–H and O–H groups in total. The lowest BCUT2D eigenvalue weighted by molar-refractivity contribution is 0.0787. The molecule has 1 fully saturated rings. The molecule has 1 rings (SSSR count). The molecule has 0 amide bonds. The summed E-state index contributed by atoms with van der Waals surface area (Å²) in [7, 11) is 2.03. The number of hydrogen-bond donors (Lipinski definition) is 2. The van der Waals surface area contributed by atoms with Gasteiger partial charge in [-0.25, -0.2) is 0 Å². The van der Waals surface area contributed by atoms with E-state index in [1.807, 2.05) is 7.05 Å². The first-order valence-corrected chi connectivity index (χ1v) is 6.75. The molecule has 1 aliphatic rings. The summed E-state index contributed by atoms with van der Waals surface area (Å²) in [4.78, 5) is 2.12. The van der Waals surface area contributed by atoms with Crippen molar-refractivity contribution in [2.24, 2.45) is 5.92 Å². The van der Waals surface area contributed by atoms with Gasteiger partial charge in [0.05, 0.1) is 12.7 Å². The molecule has 0 aromatic heterocycles. The molecule has 1 atom stereocenters. The Bertz CT molecular complexity index is 196. The number of likely N-dealkylation sites (N-methyl/N-ethyl adjacent to an activating group) is 1. The van der Waals surface area contributed by atoms with Crippen molar-refractivity contribution >= 4 is 0 Å². The van der Waals surface area contributed by atoms with Crippen molar-refractivity contribution in [2.75, 3.05) is 39.9 Å². The van der Waals surface area contributed by atoms with Crippen LogP contribution < -0.4 is 5.32 Å². The van der Waals surface area contributed by atoms with Crippen LogP contribution in [0.2, 0.25) is 0 Å². The minimum absolute atomic E-state index is 0.300. The van der Waals surface area contributed by atoms with Gasteiger partial charge in [-0.05, 0) is 25.8 Å². The van der Waals surface area contributed by atoms with E-state index in [1.165, 1.54) is 12.8 Å². The second-order valence-corrected chi connectivity index (χ2v) is 5.50.